The molecule has 2 unspecified atom stereocenters. The van der Waals surface area contributed by atoms with E-state index in [-0.39, 0.29) is 5.91 Å². The van der Waals surface area contributed by atoms with Gasteiger partial charge in [-0.15, -0.1) is 0 Å². The number of fused-ring (bicyclic) bond motifs is 2. The van der Waals surface area contributed by atoms with Crippen molar-refractivity contribution in [2.45, 2.75) is 44.2 Å². The van der Waals surface area contributed by atoms with Crippen molar-refractivity contribution in [3.63, 3.8) is 0 Å². The summed E-state index contributed by atoms with van der Waals surface area (Å²) in [7, 11) is 2.17. The van der Waals surface area contributed by atoms with E-state index in [1.54, 1.807) is 0 Å². The normalized spacial score (nSPS) is 34.0. The molecule has 3 saturated heterocycles. The summed E-state index contributed by atoms with van der Waals surface area (Å²) in [6.07, 6.45) is 5.75. The highest BCUT2D eigenvalue weighted by Gasteiger charge is 2.34. The van der Waals surface area contributed by atoms with Gasteiger partial charge in [-0.25, -0.2) is 0 Å². The molecule has 3 aliphatic heterocycles. The summed E-state index contributed by atoms with van der Waals surface area (Å²) in [4.78, 5) is 16.9. The molecule has 1 amide bonds. The highest BCUT2D eigenvalue weighted by molar-refractivity contribution is 5.76. The van der Waals surface area contributed by atoms with Gasteiger partial charge in [-0.05, 0) is 38.6 Å². The van der Waals surface area contributed by atoms with E-state index in [0.29, 0.717) is 18.0 Å². The third-order valence-electron chi connectivity index (χ3n) is 5.39. The number of carbonyl (C=O) groups is 1. The highest BCUT2D eigenvalue weighted by atomic mass is 16.1. The van der Waals surface area contributed by atoms with Crippen molar-refractivity contribution >= 4 is 5.91 Å². The van der Waals surface area contributed by atoms with E-state index in [0.717, 1.165) is 45.7 Å². The molecule has 3 rings (SSSR count). The van der Waals surface area contributed by atoms with Gasteiger partial charge in [0.05, 0.1) is 0 Å². The fourth-order valence-electron chi connectivity index (χ4n) is 4.10. The number of amides is 1. The van der Waals surface area contributed by atoms with E-state index in [4.69, 9.17) is 0 Å². The third-order valence-corrected chi connectivity index (χ3v) is 5.39. The Balaban J connectivity index is 1.30. The van der Waals surface area contributed by atoms with Crippen molar-refractivity contribution in [1.82, 2.24) is 20.4 Å². The van der Waals surface area contributed by atoms with E-state index in [1.807, 2.05) is 0 Å². The van der Waals surface area contributed by atoms with Gasteiger partial charge in [0.1, 0.15) is 0 Å². The van der Waals surface area contributed by atoms with E-state index in [9.17, 15) is 4.79 Å². The van der Waals surface area contributed by atoms with Crippen molar-refractivity contribution < 1.29 is 4.79 Å². The molecule has 120 valence electrons. The average Bonchev–Trinajstić information content (AvgIpc) is 2.80. The highest BCUT2D eigenvalue weighted by Crippen LogP contribution is 2.32. The molecule has 5 nitrogen and oxygen atoms in total. The first kappa shape index (κ1) is 15.3. The largest absolute Gasteiger partial charge is 0.355 e. The minimum absolute atomic E-state index is 0.260. The van der Waals surface area contributed by atoms with E-state index in [2.05, 4.69) is 27.5 Å². The van der Waals surface area contributed by atoms with Gasteiger partial charge < -0.3 is 15.5 Å². The van der Waals surface area contributed by atoms with Crippen LogP contribution in [0.5, 0.6) is 0 Å². The lowest BCUT2D eigenvalue weighted by Crippen LogP contribution is -2.47. The number of carbonyl (C=O) groups excluding carboxylic acids is 1. The molecular formula is C16H30N4O. The molecular weight excluding hydrogens is 264 g/mol. The second-order valence-corrected chi connectivity index (χ2v) is 7.17. The molecule has 3 aliphatic rings. The predicted molar refractivity (Wildman–Crippen MR) is 84.2 cm³/mol. The molecule has 0 aromatic carbocycles. The third kappa shape index (κ3) is 4.41. The van der Waals surface area contributed by atoms with Crippen molar-refractivity contribution in [2.75, 3.05) is 46.3 Å². The van der Waals surface area contributed by atoms with Gasteiger partial charge in [-0.2, -0.15) is 0 Å². The molecule has 3 fully saturated rings. The van der Waals surface area contributed by atoms with Crippen LogP contribution in [0.2, 0.25) is 0 Å². The molecule has 0 aliphatic carbocycles. The Morgan fingerprint density at radius 3 is 2.48 bits per heavy atom. The maximum atomic E-state index is 12.1. The molecule has 2 N–H and O–H groups in total. The monoisotopic (exact) mass is 294 g/mol. The van der Waals surface area contributed by atoms with Crippen LogP contribution in [0.15, 0.2) is 0 Å². The number of rotatable bonds is 5. The lowest BCUT2D eigenvalue weighted by atomic mass is 9.89. The topological polar surface area (TPSA) is 47.6 Å². The SMILES string of the molecule is CN1CCN(CCNC(=O)CC2CC3CCC(C2)N3)CC1. The fraction of sp³-hybridized carbons (Fsp3) is 0.938. The molecule has 5 heteroatoms. The van der Waals surface area contributed by atoms with Crippen molar-refractivity contribution in [3.8, 4) is 0 Å². The Hall–Kier alpha value is -0.650. The van der Waals surface area contributed by atoms with Crippen LogP contribution in [0.1, 0.15) is 32.1 Å². The predicted octanol–water partition coefficient (Wildman–Crippen LogP) is 0.271. The van der Waals surface area contributed by atoms with E-state index < -0.39 is 0 Å². The van der Waals surface area contributed by atoms with Gasteiger partial charge in [-0.1, -0.05) is 0 Å². The average molecular weight is 294 g/mol. The summed E-state index contributed by atoms with van der Waals surface area (Å²) >= 11 is 0. The second-order valence-electron chi connectivity index (χ2n) is 7.17. The zero-order valence-corrected chi connectivity index (χ0v) is 13.3. The lowest BCUT2D eigenvalue weighted by molar-refractivity contribution is -0.122. The standard InChI is InChI=1S/C16H30N4O/c1-19-6-8-20(9-7-19)5-4-17-16(21)12-13-10-14-2-3-15(11-13)18-14/h13-15,18H,2-12H2,1H3,(H,17,21). The first-order chi connectivity index (χ1) is 10.2. The first-order valence-corrected chi connectivity index (χ1v) is 8.62. The summed E-state index contributed by atoms with van der Waals surface area (Å²) in [6.45, 7) is 6.35. The van der Waals surface area contributed by atoms with Gasteiger partial charge in [0.15, 0.2) is 0 Å². The van der Waals surface area contributed by atoms with Gasteiger partial charge in [0.25, 0.3) is 0 Å². The number of hydrogen-bond acceptors (Lipinski definition) is 4. The van der Waals surface area contributed by atoms with Gasteiger partial charge in [0.2, 0.25) is 5.91 Å². The van der Waals surface area contributed by atoms with Crippen molar-refractivity contribution in [2.24, 2.45) is 5.92 Å². The molecule has 0 aromatic rings. The summed E-state index contributed by atoms with van der Waals surface area (Å²) in [6, 6.07) is 1.37. The maximum absolute atomic E-state index is 12.1. The number of likely N-dealkylation sites (N-methyl/N-ethyl adjacent to an activating group) is 1. The molecule has 2 atom stereocenters. The minimum Gasteiger partial charge on any atom is -0.355 e. The van der Waals surface area contributed by atoms with Crippen molar-refractivity contribution in [3.05, 3.63) is 0 Å². The number of piperidine rings is 1. The van der Waals surface area contributed by atoms with E-state index >= 15 is 0 Å². The van der Waals surface area contributed by atoms with Crippen LogP contribution in [-0.4, -0.2) is 74.1 Å². The second kappa shape index (κ2) is 7.07. The van der Waals surface area contributed by atoms with Crippen LogP contribution in [0.25, 0.3) is 0 Å². The van der Waals surface area contributed by atoms with Crippen LogP contribution < -0.4 is 10.6 Å². The minimum atomic E-state index is 0.260. The summed E-state index contributed by atoms with van der Waals surface area (Å²) < 4.78 is 0. The molecule has 0 radical (unpaired) electrons. The fourth-order valence-corrected chi connectivity index (χ4v) is 4.10. The summed E-state index contributed by atoms with van der Waals surface area (Å²) in [5.74, 6) is 0.864. The Morgan fingerprint density at radius 1 is 1.14 bits per heavy atom. The number of piperazine rings is 1. The maximum Gasteiger partial charge on any atom is 0.220 e. The van der Waals surface area contributed by atoms with Gasteiger partial charge >= 0.3 is 0 Å². The molecule has 2 bridgehead atoms. The molecule has 0 aromatic heterocycles. The van der Waals surface area contributed by atoms with Crippen LogP contribution in [0.3, 0.4) is 0 Å². The summed E-state index contributed by atoms with van der Waals surface area (Å²) in [5, 5.41) is 6.76. The van der Waals surface area contributed by atoms with E-state index in [1.165, 1.54) is 25.7 Å². The van der Waals surface area contributed by atoms with Gasteiger partial charge in [-0.3, -0.25) is 9.69 Å². The Labute approximate surface area is 128 Å². The smallest absolute Gasteiger partial charge is 0.220 e. The summed E-state index contributed by atoms with van der Waals surface area (Å²) in [5.41, 5.74) is 0. The van der Waals surface area contributed by atoms with Crippen LogP contribution >= 0.6 is 0 Å². The molecule has 0 saturated carbocycles. The van der Waals surface area contributed by atoms with Gasteiger partial charge in [0, 0.05) is 57.8 Å². The van der Waals surface area contributed by atoms with Crippen molar-refractivity contribution in [1.29, 1.82) is 0 Å². The zero-order chi connectivity index (χ0) is 14.7. The quantitative estimate of drug-likeness (QED) is 0.764. The van der Waals surface area contributed by atoms with Crippen LogP contribution in [0.4, 0.5) is 0 Å². The molecule has 3 heterocycles. The Morgan fingerprint density at radius 2 is 1.81 bits per heavy atom. The molecule has 0 spiro atoms. The number of nitrogens with one attached hydrogen (secondary N) is 2. The Kier molecular flexibility index (Phi) is 5.14. The first-order valence-electron chi connectivity index (χ1n) is 8.62. The molecule has 21 heavy (non-hydrogen) atoms. The van der Waals surface area contributed by atoms with Crippen LogP contribution in [0, 0.1) is 5.92 Å². The number of hydrogen-bond donors (Lipinski definition) is 2. The Bertz CT molecular complexity index is 342. The lowest BCUT2D eigenvalue weighted by Gasteiger charge is -2.32. The zero-order valence-electron chi connectivity index (χ0n) is 13.3. The number of nitrogens with zero attached hydrogens (tertiary/aromatic N) is 2. The van der Waals surface area contributed by atoms with Crippen LogP contribution in [-0.2, 0) is 4.79 Å².